The van der Waals surface area contributed by atoms with Gasteiger partial charge in [-0.05, 0) is 39.5 Å². The molecule has 1 amide bonds. The van der Waals surface area contributed by atoms with Crippen molar-refractivity contribution in [2.24, 2.45) is 0 Å². The summed E-state index contributed by atoms with van der Waals surface area (Å²) in [7, 11) is 2.00. The van der Waals surface area contributed by atoms with E-state index in [1.54, 1.807) is 0 Å². The first-order chi connectivity index (χ1) is 8.04. The van der Waals surface area contributed by atoms with Gasteiger partial charge >= 0.3 is 0 Å². The number of hydrogen-bond acceptors (Lipinski definition) is 3. The molecular formula is C13H26N2OS. The Bertz CT molecular complexity index is 246. The van der Waals surface area contributed by atoms with Crippen molar-refractivity contribution in [2.45, 2.75) is 57.4 Å². The molecule has 4 heteroatoms. The molecular weight excluding hydrogens is 232 g/mol. The molecule has 0 heterocycles. The van der Waals surface area contributed by atoms with Gasteiger partial charge in [0.2, 0.25) is 5.91 Å². The zero-order valence-corrected chi connectivity index (χ0v) is 12.3. The van der Waals surface area contributed by atoms with Crippen LogP contribution in [0.4, 0.5) is 0 Å². The van der Waals surface area contributed by atoms with Crippen LogP contribution in [0.25, 0.3) is 0 Å². The van der Waals surface area contributed by atoms with Crippen molar-refractivity contribution >= 4 is 17.7 Å². The maximum Gasteiger partial charge on any atom is 0.234 e. The fourth-order valence-corrected chi connectivity index (χ4v) is 3.36. The lowest BCUT2D eigenvalue weighted by Gasteiger charge is -2.24. The highest BCUT2D eigenvalue weighted by Crippen LogP contribution is 2.29. The van der Waals surface area contributed by atoms with Crippen LogP contribution in [0.5, 0.6) is 0 Å². The number of carbonyl (C=O) groups is 1. The number of hydrogen-bond donors (Lipinski definition) is 1. The lowest BCUT2D eigenvalue weighted by molar-refractivity contribution is -0.122. The van der Waals surface area contributed by atoms with E-state index >= 15 is 0 Å². The minimum Gasteiger partial charge on any atom is -0.351 e. The average Bonchev–Trinajstić information content (AvgIpc) is 2.66. The van der Waals surface area contributed by atoms with E-state index in [1.165, 1.54) is 12.8 Å². The van der Waals surface area contributed by atoms with E-state index in [0.29, 0.717) is 23.9 Å². The van der Waals surface area contributed by atoms with Crippen LogP contribution in [0.1, 0.15) is 40.0 Å². The van der Waals surface area contributed by atoms with Gasteiger partial charge in [0.25, 0.3) is 0 Å². The summed E-state index contributed by atoms with van der Waals surface area (Å²) in [6.07, 6.45) is 3.65. The van der Waals surface area contributed by atoms with Crippen LogP contribution in [0, 0.1) is 0 Å². The summed E-state index contributed by atoms with van der Waals surface area (Å²) in [5.74, 6) is 1.32. The van der Waals surface area contributed by atoms with Crippen LogP contribution in [0.2, 0.25) is 0 Å². The van der Waals surface area contributed by atoms with E-state index in [1.807, 2.05) is 18.8 Å². The van der Waals surface area contributed by atoms with Crippen LogP contribution in [0.15, 0.2) is 0 Å². The molecule has 0 unspecified atom stereocenters. The van der Waals surface area contributed by atoms with Crippen molar-refractivity contribution in [1.29, 1.82) is 0 Å². The highest BCUT2D eigenvalue weighted by Gasteiger charge is 2.28. The fourth-order valence-electron chi connectivity index (χ4n) is 2.17. The van der Waals surface area contributed by atoms with Gasteiger partial charge in [-0.3, -0.25) is 9.69 Å². The van der Waals surface area contributed by atoms with Gasteiger partial charge in [-0.25, -0.2) is 0 Å². The minimum absolute atomic E-state index is 0.176. The molecule has 0 bridgehead atoms. The zero-order valence-electron chi connectivity index (χ0n) is 11.5. The van der Waals surface area contributed by atoms with Gasteiger partial charge < -0.3 is 5.32 Å². The highest BCUT2D eigenvalue weighted by atomic mass is 32.2. The van der Waals surface area contributed by atoms with E-state index in [9.17, 15) is 4.79 Å². The molecule has 0 saturated heterocycles. The van der Waals surface area contributed by atoms with Crippen molar-refractivity contribution in [2.75, 3.05) is 19.3 Å². The summed E-state index contributed by atoms with van der Waals surface area (Å²) in [5, 5.41) is 3.83. The standard InChI is InChI=1S/C13H26N2OS/c1-5-17-12-8-6-7-11(12)14-13(16)9-15(4)10(2)3/h10-12H,5-9H2,1-4H3,(H,14,16)/t11-,12-/m0/s1. The Balaban J connectivity index is 2.34. The number of amides is 1. The molecule has 0 spiro atoms. The number of rotatable bonds is 6. The molecule has 3 nitrogen and oxygen atoms in total. The first-order valence-corrected chi connectivity index (χ1v) is 7.70. The van der Waals surface area contributed by atoms with E-state index in [-0.39, 0.29) is 5.91 Å². The second-order valence-electron chi connectivity index (χ2n) is 5.11. The van der Waals surface area contributed by atoms with Crippen molar-refractivity contribution < 1.29 is 4.79 Å². The molecule has 0 aromatic heterocycles. The van der Waals surface area contributed by atoms with E-state index in [2.05, 4.69) is 31.0 Å². The fraction of sp³-hybridized carbons (Fsp3) is 0.923. The van der Waals surface area contributed by atoms with Gasteiger partial charge in [-0.2, -0.15) is 11.8 Å². The Kier molecular flexibility index (Phi) is 6.34. The summed E-state index contributed by atoms with van der Waals surface area (Å²) in [6, 6.07) is 0.818. The molecule has 1 fully saturated rings. The Morgan fingerprint density at radius 3 is 2.76 bits per heavy atom. The second kappa shape index (κ2) is 7.27. The van der Waals surface area contributed by atoms with E-state index < -0.39 is 0 Å². The minimum atomic E-state index is 0.176. The number of thioether (sulfide) groups is 1. The smallest absolute Gasteiger partial charge is 0.234 e. The average molecular weight is 258 g/mol. The molecule has 100 valence electrons. The molecule has 0 aromatic carbocycles. The summed E-state index contributed by atoms with van der Waals surface area (Å²) in [4.78, 5) is 14.0. The third-order valence-corrected chi connectivity index (χ3v) is 4.78. The molecule has 1 N–H and O–H groups in total. The summed E-state index contributed by atoms with van der Waals surface area (Å²) in [5.41, 5.74) is 0. The molecule has 2 atom stereocenters. The number of nitrogens with one attached hydrogen (secondary N) is 1. The van der Waals surface area contributed by atoms with Gasteiger partial charge in [-0.15, -0.1) is 0 Å². The largest absolute Gasteiger partial charge is 0.351 e. The molecule has 1 aliphatic rings. The third-order valence-electron chi connectivity index (χ3n) is 3.45. The van der Waals surface area contributed by atoms with Crippen LogP contribution < -0.4 is 5.32 Å². The van der Waals surface area contributed by atoms with E-state index in [4.69, 9.17) is 0 Å². The quantitative estimate of drug-likeness (QED) is 0.792. The van der Waals surface area contributed by atoms with E-state index in [0.717, 1.165) is 12.2 Å². The van der Waals surface area contributed by atoms with Crippen LogP contribution >= 0.6 is 11.8 Å². The van der Waals surface area contributed by atoms with Gasteiger partial charge in [0.1, 0.15) is 0 Å². The maximum atomic E-state index is 11.9. The molecule has 1 aliphatic carbocycles. The summed E-state index contributed by atoms with van der Waals surface area (Å²) in [6.45, 7) is 6.92. The monoisotopic (exact) mass is 258 g/mol. The normalized spacial score (nSPS) is 24.6. The number of carbonyl (C=O) groups excluding carboxylic acids is 1. The first kappa shape index (κ1) is 14.8. The van der Waals surface area contributed by atoms with Gasteiger partial charge in [0.05, 0.1) is 6.54 Å². The predicted octanol–water partition coefficient (Wildman–Crippen LogP) is 2.12. The second-order valence-corrected chi connectivity index (χ2v) is 6.62. The van der Waals surface area contributed by atoms with Crippen LogP contribution in [-0.4, -0.2) is 47.5 Å². The van der Waals surface area contributed by atoms with Gasteiger partial charge in [0, 0.05) is 17.3 Å². The van der Waals surface area contributed by atoms with Crippen LogP contribution in [-0.2, 0) is 4.79 Å². The van der Waals surface area contributed by atoms with Gasteiger partial charge in [-0.1, -0.05) is 13.3 Å². The molecule has 0 aromatic rings. The maximum absolute atomic E-state index is 11.9. The van der Waals surface area contributed by atoms with Crippen molar-refractivity contribution in [3.63, 3.8) is 0 Å². The van der Waals surface area contributed by atoms with Crippen molar-refractivity contribution in [3.8, 4) is 0 Å². The Morgan fingerprint density at radius 2 is 2.18 bits per heavy atom. The summed E-state index contributed by atoms with van der Waals surface area (Å²) < 4.78 is 0. The third kappa shape index (κ3) is 4.88. The topological polar surface area (TPSA) is 32.3 Å². The zero-order chi connectivity index (χ0) is 12.8. The molecule has 17 heavy (non-hydrogen) atoms. The number of likely N-dealkylation sites (N-methyl/N-ethyl adjacent to an activating group) is 1. The number of nitrogens with zero attached hydrogens (tertiary/aromatic N) is 1. The Labute approximate surface area is 110 Å². The molecule has 0 radical (unpaired) electrons. The van der Waals surface area contributed by atoms with Crippen LogP contribution in [0.3, 0.4) is 0 Å². The Hall–Kier alpha value is -0.220. The molecule has 0 aliphatic heterocycles. The molecule has 1 saturated carbocycles. The lowest BCUT2D eigenvalue weighted by atomic mass is 10.2. The van der Waals surface area contributed by atoms with Gasteiger partial charge in [0.15, 0.2) is 0 Å². The first-order valence-electron chi connectivity index (χ1n) is 6.65. The SMILES string of the molecule is CCS[C@H]1CCC[C@@H]1NC(=O)CN(C)C(C)C. The Morgan fingerprint density at radius 1 is 1.47 bits per heavy atom. The van der Waals surface area contributed by atoms with Crippen molar-refractivity contribution in [1.82, 2.24) is 10.2 Å². The lowest BCUT2D eigenvalue weighted by Crippen LogP contribution is -2.44. The van der Waals surface area contributed by atoms with Crippen molar-refractivity contribution in [3.05, 3.63) is 0 Å². The molecule has 1 rings (SSSR count). The predicted molar refractivity (Wildman–Crippen MR) is 75.5 cm³/mol. The highest BCUT2D eigenvalue weighted by molar-refractivity contribution is 7.99. The summed E-state index contributed by atoms with van der Waals surface area (Å²) >= 11 is 1.99.